The molecule has 3 aromatic rings. The minimum absolute atomic E-state index is 0.0100. The Morgan fingerprint density at radius 3 is 2.37 bits per heavy atom. The van der Waals surface area contributed by atoms with Crippen molar-refractivity contribution >= 4 is 29.6 Å². The van der Waals surface area contributed by atoms with Crippen molar-refractivity contribution in [3.63, 3.8) is 0 Å². The summed E-state index contributed by atoms with van der Waals surface area (Å²) in [6, 6.07) is 21.1. The number of fused-ring (bicyclic) bond motifs is 1. The molecule has 0 fully saturated rings. The number of ketones is 1. The zero-order valence-electron chi connectivity index (χ0n) is 17.0. The fourth-order valence-electron chi connectivity index (χ4n) is 3.47. The Balaban J connectivity index is 1.57. The largest absolute Gasteiger partial charge is 0.475 e. The molecule has 1 amide bonds. The first kappa shape index (κ1) is 21.7. The van der Waals surface area contributed by atoms with E-state index in [1.807, 2.05) is 67.6 Å². The molecule has 3 aromatic carbocycles. The quantitative estimate of drug-likeness (QED) is 0.379. The van der Waals surface area contributed by atoms with Gasteiger partial charge in [-0.05, 0) is 40.8 Å². The number of Topliss-reactive ketones (excluding diaryl/α,β-unsaturated/α-hetero) is 1. The number of nitrogens with one attached hydrogen (secondary N) is 1. The monoisotopic (exact) mass is 403 g/mol. The highest BCUT2D eigenvalue weighted by molar-refractivity contribution is 6.43. The van der Waals surface area contributed by atoms with Gasteiger partial charge in [-0.15, -0.1) is 0 Å². The molecule has 1 atom stereocenters. The van der Waals surface area contributed by atoms with Gasteiger partial charge in [0.2, 0.25) is 5.91 Å². The summed E-state index contributed by atoms with van der Waals surface area (Å²) >= 11 is 0. The van der Waals surface area contributed by atoms with Gasteiger partial charge in [-0.1, -0.05) is 67.6 Å². The van der Waals surface area contributed by atoms with Gasteiger partial charge in [0.1, 0.15) is 0 Å². The van der Waals surface area contributed by atoms with Crippen molar-refractivity contribution in [2.75, 3.05) is 0 Å². The fourth-order valence-corrected chi connectivity index (χ4v) is 3.47. The van der Waals surface area contributed by atoms with Crippen LogP contribution in [0.2, 0.25) is 0 Å². The molecule has 0 saturated carbocycles. The summed E-state index contributed by atoms with van der Waals surface area (Å²) in [5.41, 5.74) is 2.63. The lowest BCUT2D eigenvalue weighted by atomic mass is 9.75. The second kappa shape index (κ2) is 10.2. The third-order valence-electron chi connectivity index (χ3n) is 5.21. The van der Waals surface area contributed by atoms with Gasteiger partial charge in [0.05, 0.1) is 5.94 Å². The number of carbonyl (C=O) groups is 2. The highest BCUT2D eigenvalue weighted by Gasteiger charge is 2.25. The predicted molar refractivity (Wildman–Crippen MR) is 119 cm³/mol. The van der Waals surface area contributed by atoms with Crippen LogP contribution in [0.4, 0.5) is 0 Å². The third-order valence-corrected chi connectivity index (χ3v) is 5.21. The normalized spacial score (nSPS) is 11.8. The van der Waals surface area contributed by atoms with Gasteiger partial charge in [-0.25, -0.2) is 0 Å². The van der Waals surface area contributed by atoms with Crippen LogP contribution in [-0.2, 0) is 17.6 Å². The summed E-state index contributed by atoms with van der Waals surface area (Å²) in [5, 5.41) is 24.0. The van der Waals surface area contributed by atoms with Gasteiger partial charge in [-0.2, -0.15) is 0 Å². The maximum absolute atomic E-state index is 12.5. The third kappa shape index (κ3) is 5.78. The topological polar surface area (TPSA) is 86.6 Å². The number of carbonyl (C=O) groups excluding carboxylic acids is 2. The van der Waals surface area contributed by atoms with Gasteiger partial charge < -0.3 is 15.4 Å². The van der Waals surface area contributed by atoms with E-state index >= 15 is 0 Å². The second-order valence-corrected chi connectivity index (χ2v) is 7.45. The molecule has 0 saturated heterocycles. The van der Waals surface area contributed by atoms with Gasteiger partial charge in [-0.3, -0.25) is 9.59 Å². The van der Waals surface area contributed by atoms with Crippen LogP contribution in [0, 0.1) is 0 Å². The van der Waals surface area contributed by atoms with Crippen LogP contribution in [0.1, 0.15) is 41.3 Å². The molecule has 5 nitrogen and oxygen atoms in total. The molecule has 0 radical (unpaired) electrons. The first-order valence-electron chi connectivity index (χ1n) is 10.2. The summed E-state index contributed by atoms with van der Waals surface area (Å²) in [6.45, 7) is 2.05. The second-order valence-electron chi connectivity index (χ2n) is 7.45. The number of benzene rings is 3. The van der Waals surface area contributed by atoms with E-state index < -0.39 is 13.1 Å². The lowest BCUT2D eigenvalue weighted by molar-refractivity contribution is -0.121. The number of amides is 1. The van der Waals surface area contributed by atoms with Crippen LogP contribution in [-0.4, -0.2) is 34.8 Å². The molecule has 6 heteroatoms. The van der Waals surface area contributed by atoms with Gasteiger partial charge in [0.25, 0.3) is 0 Å². The number of hydrogen-bond donors (Lipinski definition) is 3. The van der Waals surface area contributed by atoms with Crippen molar-refractivity contribution in [2.45, 2.75) is 38.5 Å². The molecular formula is C24H26BNO4. The standard InChI is InChI=1S/C24H26BNO4/c1-2-17-6-5-7-18(14-17)15-23(25(29)30)26-24(28)13-12-22(27)21-11-10-19-8-3-4-9-20(19)16-21/h3-11,14,16,23,29-30H,2,12-13,15H2,1H3,(H,26,28). The summed E-state index contributed by atoms with van der Waals surface area (Å²) in [6.07, 6.45) is 1.23. The lowest BCUT2D eigenvalue weighted by Crippen LogP contribution is -2.47. The predicted octanol–water partition coefficient (Wildman–Crippen LogP) is 3.10. The van der Waals surface area contributed by atoms with E-state index in [2.05, 4.69) is 5.32 Å². The number of aryl methyl sites for hydroxylation is 1. The van der Waals surface area contributed by atoms with Crippen molar-refractivity contribution in [3.05, 3.63) is 83.4 Å². The maximum Gasteiger partial charge on any atom is 0.475 e. The lowest BCUT2D eigenvalue weighted by Gasteiger charge is -2.18. The molecule has 1 unspecified atom stereocenters. The summed E-state index contributed by atoms with van der Waals surface area (Å²) in [7, 11) is -1.68. The highest BCUT2D eigenvalue weighted by atomic mass is 16.4. The van der Waals surface area contributed by atoms with Crippen LogP contribution in [0.25, 0.3) is 10.8 Å². The fraction of sp³-hybridized carbons (Fsp3) is 0.250. The SMILES string of the molecule is CCc1cccc(CC(NC(=O)CCC(=O)c2ccc3ccccc3c2)B(O)O)c1. The van der Waals surface area contributed by atoms with Crippen LogP contribution >= 0.6 is 0 Å². The zero-order chi connectivity index (χ0) is 21.5. The molecule has 3 rings (SSSR count). The van der Waals surface area contributed by atoms with E-state index in [1.54, 1.807) is 6.07 Å². The minimum atomic E-state index is -1.68. The van der Waals surface area contributed by atoms with E-state index in [-0.39, 0.29) is 24.5 Å². The molecule has 30 heavy (non-hydrogen) atoms. The Morgan fingerprint density at radius 1 is 0.900 bits per heavy atom. The van der Waals surface area contributed by atoms with Gasteiger partial charge in [0, 0.05) is 18.4 Å². The summed E-state index contributed by atoms with van der Waals surface area (Å²) in [5.74, 6) is -1.33. The molecule has 3 N–H and O–H groups in total. The highest BCUT2D eigenvalue weighted by Crippen LogP contribution is 2.17. The van der Waals surface area contributed by atoms with Gasteiger partial charge in [0.15, 0.2) is 5.78 Å². The Hall–Kier alpha value is -2.96. The molecule has 154 valence electrons. The molecule has 0 aliphatic heterocycles. The first-order chi connectivity index (χ1) is 14.5. The van der Waals surface area contributed by atoms with E-state index in [1.165, 1.54) is 0 Å². The van der Waals surface area contributed by atoms with Crippen molar-refractivity contribution in [1.29, 1.82) is 0 Å². The number of rotatable bonds is 9. The van der Waals surface area contributed by atoms with E-state index in [0.29, 0.717) is 12.0 Å². The molecule has 0 aliphatic carbocycles. The molecule has 0 aliphatic rings. The summed E-state index contributed by atoms with van der Waals surface area (Å²) < 4.78 is 0. The van der Waals surface area contributed by atoms with Crippen molar-refractivity contribution in [1.82, 2.24) is 5.32 Å². The zero-order valence-corrected chi connectivity index (χ0v) is 17.0. The molecular weight excluding hydrogens is 377 g/mol. The van der Waals surface area contributed by atoms with Crippen LogP contribution in [0.5, 0.6) is 0 Å². The summed E-state index contributed by atoms with van der Waals surface area (Å²) in [4.78, 5) is 24.8. The average molecular weight is 403 g/mol. The van der Waals surface area contributed by atoms with Crippen LogP contribution in [0.3, 0.4) is 0 Å². The minimum Gasteiger partial charge on any atom is -0.426 e. The average Bonchev–Trinajstić information content (AvgIpc) is 2.76. The van der Waals surface area contributed by atoms with Crippen molar-refractivity contribution < 1.29 is 19.6 Å². The Morgan fingerprint density at radius 2 is 1.63 bits per heavy atom. The smallest absolute Gasteiger partial charge is 0.426 e. The molecule has 0 aromatic heterocycles. The number of hydrogen-bond acceptors (Lipinski definition) is 4. The van der Waals surface area contributed by atoms with E-state index in [0.717, 1.165) is 28.3 Å². The Labute approximate surface area is 176 Å². The Bertz CT molecular complexity index is 1030. The van der Waals surface area contributed by atoms with E-state index in [9.17, 15) is 19.6 Å². The first-order valence-corrected chi connectivity index (χ1v) is 10.2. The van der Waals surface area contributed by atoms with Crippen molar-refractivity contribution in [2.24, 2.45) is 0 Å². The Kier molecular flexibility index (Phi) is 7.38. The molecule has 0 heterocycles. The van der Waals surface area contributed by atoms with Crippen LogP contribution in [0.15, 0.2) is 66.7 Å². The maximum atomic E-state index is 12.5. The van der Waals surface area contributed by atoms with Gasteiger partial charge >= 0.3 is 7.12 Å². The molecule has 0 bridgehead atoms. The van der Waals surface area contributed by atoms with Crippen LogP contribution < -0.4 is 5.32 Å². The van der Waals surface area contributed by atoms with E-state index in [4.69, 9.17) is 0 Å². The molecule has 0 spiro atoms. The van der Waals surface area contributed by atoms with Crippen molar-refractivity contribution in [3.8, 4) is 0 Å².